The van der Waals surface area contributed by atoms with Crippen molar-refractivity contribution in [3.8, 4) is 17.4 Å². The third-order valence-corrected chi connectivity index (χ3v) is 4.25. The lowest BCUT2D eigenvalue weighted by Gasteiger charge is -2.04. The Balaban J connectivity index is 1.87. The normalized spacial score (nSPS) is 11.0. The lowest BCUT2D eigenvalue weighted by atomic mass is 10.1. The lowest BCUT2D eigenvalue weighted by Crippen LogP contribution is -2.13. The number of nitrogens with one attached hydrogen (secondary N) is 1. The number of carbonyl (C=O) groups excluding carboxylic acids is 1. The van der Waals surface area contributed by atoms with Crippen LogP contribution in [0.2, 0.25) is 10.0 Å². The summed E-state index contributed by atoms with van der Waals surface area (Å²) < 4.78 is 5.58. The Morgan fingerprint density at radius 1 is 1.14 bits per heavy atom. The van der Waals surface area contributed by atoms with Gasteiger partial charge in [0, 0.05) is 27.9 Å². The molecule has 0 unspecified atom stereocenters. The van der Waals surface area contributed by atoms with Gasteiger partial charge in [0.2, 0.25) is 0 Å². The van der Waals surface area contributed by atoms with Gasteiger partial charge in [0.1, 0.15) is 23.2 Å². The largest absolute Gasteiger partial charge is 0.456 e. The number of anilines is 1. The average Bonchev–Trinajstić information content (AvgIpc) is 3.14. The second kappa shape index (κ2) is 8.61. The van der Waals surface area contributed by atoms with Gasteiger partial charge in [-0.1, -0.05) is 29.3 Å². The number of amides is 1. The monoisotopic (exact) mass is 427 g/mol. The summed E-state index contributed by atoms with van der Waals surface area (Å²) in [7, 11) is 0. The molecular formula is C20H11Cl2N3O4. The Labute approximate surface area is 174 Å². The lowest BCUT2D eigenvalue weighted by molar-refractivity contribution is -0.384. The molecule has 0 saturated carbocycles. The summed E-state index contributed by atoms with van der Waals surface area (Å²) in [5.41, 5.74) is 0.222. The zero-order valence-corrected chi connectivity index (χ0v) is 16.1. The van der Waals surface area contributed by atoms with Gasteiger partial charge in [-0.2, -0.15) is 5.26 Å². The summed E-state index contributed by atoms with van der Waals surface area (Å²) in [4.78, 5) is 23.0. The van der Waals surface area contributed by atoms with E-state index in [1.807, 2.05) is 0 Å². The Hall–Kier alpha value is -3.60. The number of furan rings is 1. The molecule has 9 heteroatoms. The summed E-state index contributed by atoms with van der Waals surface area (Å²) >= 11 is 11.7. The van der Waals surface area contributed by atoms with Crippen molar-refractivity contribution < 1.29 is 14.1 Å². The SMILES string of the molecule is N#CC(=Cc1ccc(-c2ccc(Cl)cc2[N+](=O)[O-])o1)C(=O)Nc1cccc(Cl)c1. The first-order chi connectivity index (χ1) is 13.9. The van der Waals surface area contributed by atoms with E-state index in [-0.39, 0.29) is 33.4 Å². The van der Waals surface area contributed by atoms with Crippen molar-refractivity contribution in [3.63, 3.8) is 0 Å². The van der Waals surface area contributed by atoms with Gasteiger partial charge in [0.25, 0.3) is 11.6 Å². The number of nitriles is 1. The van der Waals surface area contributed by atoms with E-state index in [9.17, 15) is 20.2 Å². The van der Waals surface area contributed by atoms with Crippen molar-refractivity contribution in [2.45, 2.75) is 0 Å². The van der Waals surface area contributed by atoms with Crippen molar-refractivity contribution in [2.24, 2.45) is 0 Å². The number of nitro benzene ring substituents is 1. The van der Waals surface area contributed by atoms with Crippen LogP contribution in [-0.2, 0) is 4.79 Å². The minimum Gasteiger partial charge on any atom is -0.456 e. The molecule has 29 heavy (non-hydrogen) atoms. The molecule has 1 N–H and O–H groups in total. The number of nitro groups is 1. The minimum atomic E-state index is -0.648. The number of hydrogen-bond donors (Lipinski definition) is 1. The number of benzene rings is 2. The summed E-state index contributed by atoms with van der Waals surface area (Å²) in [5, 5.41) is 23.8. The molecule has 0 saturated heterocycles. The average molecular weight is 428 g/mol. The van der Waals surface area contributed by atoms with Crippen LogP contribution in [0.1, 0.15) is 5.76 Å². The predicted octanol–water partition coefficient (Wildman–Crippen LogP) is 5.71. The Bertz CT molecular complexity index is 1180. The Morgan fingerprint density at radius 3 is 2.59 bits per heavy atom. The van der Waals surface area contributed by atoms with Crippen molar-refractivity contribution in [2.75, 3.05) is 5.32 Å². The van der Waals surface area contributed by atoms with E-state index in [1.165, 1.54) is 36.4 Å². The molecule has 3 aromatic rings. The van der Waals surface area contributed by atoms with E-state index < -0.39 is 10.8 Å². The molecule has 1 heterocycles. The van der Waals surface area contributed by atoms with Gasteiger partial charge in [-0.05, 0) is 42.5 Å². The van der Waals surface area contributed by atoms with Gasteiger partial charge in [0.15, 0.2) is 0 Å². The second-order valence-electron chi connectivity index (χ2n) is 5.75. The van der Waals surface area contributed by atoms with Crippen LogP contribution in [0.4, 0.5) is 11.4 Å². The Kier molecular flexibility index (Phi) is 5.98. The summed E-state index contributed by atoms with van der Waals surface area (Å²) in [6.45, 7) is 0. The molecule has 3 rings (SSSR count). The highest BCUT2D eigenvalue weighted by atomic mass is 35.5. The van der Waals surface area contributed by atoms with Gasteiger partial charge >= 0.3 is 0 Å². The molecule has 2 aromatic carbocycles. The third kappa shape index (κ3) is 4.82. The highest BCUT2D eigenvalue weighted by Gasteiger charge is 2.19. The second-order valence-corrected chi connectivity index (χ2v) is 6.63. The van der Waals surface area contributed by atoms with Crippen LogP contribution >= 0.6 is 23.2 Å². The molecule has 0 aliphatic heterocycles. The van der Waals surface area contributed by atoms with Crippen LogP contribution in [0.5, 0.6) is 0 Å². The summed E-state index contributed by atoms with van der Waals surface area (Å²) in [6, 6.07) is 15.5. The molecule has 0 aliphatic rings. The van der Waals surface area contributed by atoms with E-state index in [0.717, 1.165) is 0 Å². The maximum atomic E-state index is 12.3. The zero-order valence-electron chi connectivity index (χ0n) is 14.6. The van der Waals surface area contributed by atoms with Crippen molar-refractivity contribution in [1.29, 1.82) is 5.26 Å². The fraction of sp³-hybridized carbons (Fsp3) is 0. The number of nitrogens with zero attached hydrogens (tertiary/aromatic N) is 2. The molecule has 0 aliphatic carbocycles. The van der Waals surface area contributed by atoms with E-state index in [1.54, 1.807) is 30.3 Å². The van der Waals surface area contributed by atoms with Crippen molar-refractivity contribution in [3.05, 3.63) is 86.1 Å². The molecule has 0 fully saturated rings. The number of halogens is 2. The van der Waals surface area contributed by atoms with Crippen LogP contribution in [-0.4, -0.2) is 10.8 Å². The number of hydrogen-bond acceptors (Lipinski definition) is 5. The first kappa shape index (κ1) is 20.1. The van der Waals surface area contributed by atoms with Crippen LogP contribution < -0.4 is 5.32 Å². The standard InChI is InChI=1S/C20H11Cl2N3O4/c21-13-2-1-3-15(9-13)24-20(26)12(11-23)8-16-5-7-19(29-16)17-6-4-14(22)10-18(17)25(27)28/h1-10H,(H,24,26). The number of rotatable bonds is 5. The zero-order chi connectivity index (χ0) is 21.0. The van der Waals surface area contributed by atoms with Crippen molar-refractivity contribution >= 4 is 46.6 Å². The topological polar surface area (TPSA) is 109 Å². The smallest absolute Gasteiger partial charge is 0.281 e. The summed E-state index contributed by atoms with van der Waals surface area (Å²) in [5.74, 6) is -0.264. The quantitative estimate of drug-likeness (QED) is 0.242. The molecule has 1 aromatic heterocycles. The molecule has 0 atom stereocenters. The van der Waals surface area contributed by atoms with Gasteiger partial charge in [-0.25, -0.2) is 0 Å². The van der Waals surface area contributed by atoms with Gasteiger partial charge in [-0.15, -0.1) is 0 Å². The van der Waals surface area contributed by atoms with Gasteiger partial charge in [0.05, 0.1) is 10.5 Å². The minimum absolute atomic E-state index is 0.182. The molecule has 0 radical (unpaired) electrons. The van der Waals surface area contributed by atoms with Crippen molar-refractivity contribution in [1.82, 2.24) is 0 Å². The molecular weight excluding hydrogens is 417 g/mol. The first-order valence-electron chi connectivity index (χ1n) is 8.10. The molecule has 144 valence electrons. The van der Waals surface area contributed by atoms with Crippen LogP contribution in [0.15, 0.2) is 64.6 Å². The fourth-order valence-electron chi connectivity index (χ4n) is 2.49. The van der Waals surface area contributed by atoms with Crippen LogP contribution in [0, 0.1) is 21.4 Å². The van der Waals surface area contributed by atoms with E-state index in [2.05, 4.69) is 5.32 Å². The first-order valence-corrected chi connectivity index (χ1v) is 8.86. The molecule has 0 spiro atoms. The molecule has 0 bridgehead atoms. The summed E-state index contributed by atoms with van der Waals surface area (Å²) in [6.07, 6.45) is 1.24. The molecule has 7 nitrogen and oxygen atoms in total. The van der Waals surface area contributed by atoms with Crippen LogP contribution in [0.3, 0.4) is 0 Å². The fourth-order valence-corrected chi connectivity index (χ4v) is 2.85. The highest BCUT2D eigenvalue weighted by molar-refractivity contribution is 6.31. The third-order valence-electron chi connectivity index (χ3n) is 3.78. The number of carbonyl (C=O) groups is 1. The maximum absolute atomic E-state index is 12.3. The maximum Gasteiger partial charge on any atom is 0.281 e. The highest BCUT2D eigenvalue weighted by Crippen LogP contribution is 2.33. The predicted molar refractivity (Wildman–Crippen MR) is 109 cm³/mol. The van der Waals surface area contributed by atoms with E-state index in [4.69, 9.17) is 27.6 Å². The van der Waals surface area contributed by atoms with Crippen LogP contribution in [0.25, 0.3) is 17.4 Å². The Morgan fingerprint density at radius 2 is 1.90 bits per heavy atom. The van der Waals surface area contributed by atoms with Gasteiger partial charge < -0.3 is 9.73 Å². The van der Waals surface area contributed by atoms with Gasteiger partial charge in [-0.3, -0.25) is 14.9 Å². The van der Waals surface area contributed by atoms with E-state index >= 15 is 0 Å². The molecule has 1 amide bonds. The van der Waals surface area contributed by atoms with E-state index in [0.29, 0.717) is 10.7 Å².